The summed E-state index contributed by atoms with van der Waals surface area (Å²) in [5.74, 6) is -0.313. The van der Waals surface area contributed by atoms with Gasteiger partial charge in [-0.15, -0.1) is 0 Å². The number of ether oxygens (including phenoxy) is 1. The van der Waals surface area contributed by atoms with Gasteiger partial charge in [-0.2, -0.15) is 0 Å². The molecule has 30 heavy (non-hydrogen) atoms. The van der Waals surface area contributed by atoms with Crippen molar-refractivity contribution < 1.29 is 22.7 Å². The summed E-state index contributed by atoms with van der Waals surface area (Å²) in [6.45, 7) is 3.04. The molecule has 0 aliphatic carbocycles. The van der Waals surface area contributed by atoms with Crippen LogP contribution in [-0.2, 0) is 4.74 Å². The minimum Gasteiger partial charge on any atom is -0.451 e. The van der Waals surface area contributed by atoms with Crippen molar-refractivity contribution in [1.82, 2.24) is 10.2 Å². The lowest BCUT2D eigenvalue weighted by Gasteiger charge is -2.34. The third-order valence-electron chi connectivity index (χ3n) is 5.16. The average Bonchev–Trinajstić information content (AvgIpc) is 3.27. The van der Waals surface area contributed by atoms with E-state index in [1.807, 2.05) is 0 Å². The number of hydrogen-bond acceptors (Lipinski definition) is 4. The van der Waals surface area contributed by atoms with Gasteiger partial charge in [0.15, 0.2) is 5.76 Å². The Labute approximate surface area is 173 Å². The molecule has 4 rings (SSSR count). The smallest absolute Gasteiger partial charge is 0.287 e. The molecule has 1 amide bonds. The molecule has 1 saturated heterocycles. The molecule has 5 nitrogen and oxygen atoms in total. The van der Waals surface area contributed by atoms with Gasteiger partial charge in [0.1, 0.15) is 17.4 Å². The Hall–Kier alpha value is -3.03. The first-order valence-electron chi connectivity index (χ1n) is 9.81. The van der Waals surface area contributed by atoms with Gasteiger partial charge in [0.2, 0.25) is 0 Å². The van der Waals surface area contributed by atoms with Crippen LogP contribution in [0.4, 0.5) is 8.78 Å². The number of hydrogen-bond donors (Lipinski definition) is 1. The van der Waals surface area contributed by atoms with E-state index in [9.17, 15) is 13.6 Å². The van der Waals surface area contributed by atoms with Crippen molar-refractivity contribution in [3.63, 3.8) is 0 Å². The largest absolute Gasteiger partial charge is 0.451 e. The Morgan fingerprint density at radius 3 is 2.23 bits per heavy atom. The summed E-state index contributed by atoms with van der Waals surface area (Å²) in [5, 5.41) is 2.91. The van der Waals surface area contributed by atoms with Crippen molar-refractivity contribution in [2.45, 2.75) is 6.04 Å². The van der Waals surface area contributed by atoms with Gasteiger partial charge in [0, 0.05) is 25.2 Å². The highest BCUT2D eigenvalue weighted by atomic mass is 19.1. The van der Waals surface area contributed by atoms with Crippen molar-refractivity contribution in [3.05, 3.63) is 83.6 Å². The van der Waals surface area contributed by atoms with Crippen LogP contribution < -0.4 is 5.32 Å². The van der Waals surface area contributed by atoms with E-state index in [2.05, 4.69) is 10.2 Å². The lowest BCUT2D eigenvalue weighted by Crippen LogP contribution is -2.43. The summed E-state index contributed by atoms with van der Waals surface area (Å²) in [4.78, 5) is 14.9. The van der Waals surface area contributed by atoms with E-state index in [1.165, 1.54) is 24.3 Å². The van der Waals surface area contributed by atoms with Gasteiger partial charge < -0.3 is 14.5 Å². The van der Waals surface area contributed by atoms with E-state index < -0.39 is 0 Å². The van der Waals surface area contributed by atoms with Crippen molar-refractivity contribution in [3.8, 4) is 11.3 Å². The van der Waals surface area contributed by atoms with Crippen LogP contribution in [0.25, 0.3) is 11.3 Å². The molecule has 1 N–H and O–H groups in total. The fourth-order valence-electron chi connectivity index (χ4n) is 3.54. The lowest BCUT2D eigenvalue weighted by molar-refractivity contribution is 0.0161. The predicted octanol–water partition coefficient (Wildman–Crippen LogP) is 4.03. The Bertz CT molecular complexity index is 980. The summed E-state index contributed by atoms with van der Waals surface area (Å²) in [6.07, 6.45) is 0. The van der Waals surface area contributed by atoms with Gasteiger partial charge in [0.25, 0.3) is 5.91 Å². The number of carbonyl (C=O) groups excluding carboxylic acids is 1. The van der Waals surface area contributed by atoms with Crippen LogP contribution >= 0.6 is 0 Å². The van der Waals surface area contributed by atoms with E-state index in [0.717, 1.165) is 18.7 Å². The number of morpholine rings is 1. The molecule has 0 bridgehead atoms. The third kappa shape index (κ3) is 4.75. The molecule has 0 radical (unpaired) electrons. The molecule has 156 valence electrons. The van der Waals surface area contributed by atoms with E-state index in [0.29, 0.717) is 31.1 Å². The molecule has 3 aromatic rings. The first-order valence-corrected chi connectivity index (χ1v) is 9.81. The number of nitrogens with zero attached hydrogens (tertiary/aromatic N) is 1. The maximum absolute atomic E-state index is 13.4. The standard InChI is InChI=1S/C23H22F2N2O3/c24-18-5-1-16(2-6-18)20(27-11-13-29-14-12-27)15-26-23(28)22-10-9-21(30-22)17-3-7-19(25)8-4-17/h1-10,20H,11-15H2,(H,26,28). The molecule has 1 aliphatic heterocycles. The number of rotatable bonds is 6. The van der Waals surface area contributed by atoms with E-state index >= 15 is 0 Å². The monoisotopic (exact) mass is 412 g/mol. The summed E-state index contributed by atoms with van der Waals surface area (Å²) >= 11 is 0. The lowest BCUT2D eigenvalue weighted by atomic mass is 10.0. The predicted molar refractivity (Wildman–Crippen MR) is 108 cm³/mol. The summed E-state index contributed by atoms with van der Waals surface area (Å²) in [6, 6.07) is 15.4. The number of carbonyl (C=O) groups is 1. The first kappa shape index (κ1) is 20.3. The van der Waals surface area contributed by atoms with E-state index in [-0.39, 0.29) is 29.3 Å². The van der Waals surface area contributed by atoms with Gasteiger partial charge >= 0.3 is 0 Å². The number of benzene rings is 2. The SMILES string of the molecule is O=C(NCC(c1ccc(F)cc1)N1CCOCC1)c1ccc(-c2ccc(F)cc2)o1. The van der Waals surface area contributed by atoms with Gasteiger partial charge in [-0.25, -0.2) is 8.78 Å². The molecule has 1 aromatic heterocycles. The summed E-state index contributed by atoms with van der Waals surface area (Å²) in [7, 11) is 0. The number of nitrogens with one attached hydrogen (secondary N) is 1. The Morgan fingerprint density at radius 2 is 1.57 bits per heavy atom. The van der Waals surface area contributed by atoms with Crippen molar-refractivity contribution in [2.24, 2.45) is 0 Å². The van der Waals surface area contributed by atoms with Crippen molar-refractivity contribution in [1.29, 1.82) is 0 Å². The number of halogens is 2. The number of amides is 1. The van der Waals surface area contributed by atoms with Crippen molar-refractivity contribution >= 4 is 5.91 Å². The van der Waals surface area contributed by atoms with Crippen LogP contribution in [0.3, 0.4) is 0 Å². The van der Waals surface area contributed by atoms with Crippen LogP contribution in [0.5, 0.6) is 0 Å². The molecular weight excluding hydrogens is 390 g/mol. The maximum atomic E-state index is 13.4. The highest BCUT2D eigenvalue weighted by Crippen LogP contribution is 2.24. The van der Waals surface area contributed by atoms with Crippen molar-refractivity contribution in [2.75, 3.05) is 32.8 Å². The van der Waals surface area contributed by atoms with E-state index in [4.69, 9.17) is 9.15 Å². The van der Waals surface area contributed by atoms with Gasteiger partial charge in [-0.1, -0.05) is 12.1 Å². The Balaban J connectivity index is 1.45. The van der Waals surface area contributed by atoms with Crippen LogP contribution in [0.1, 0.15) is 22.2 Å². The molecule has 0 spiro atoms. The van der Waals surface area contributed by atoms with Crippen LogP contribution in [0, 0.1) is 11.6 Å². The topological polar surface area (TPSA) is 54.7 Å². The maximum Gasteiger partial charge on any atom is 0.287 e. The zero-order chi connectivity index (χ0) is 20.9. The first-order chi connectivity index (χ1) is 14.6. The second-order valence-electron chi connectivity index (χ2n) is 7.10. The van der Waals surface area contributed by atoms with Crippen LogP contribution in [0.2, 0.25) is 0 Å². The van der Waals surface area contributed by atoms with Gasteiger partial charge in [0.05, 0.1) is 19.3 Å². The molecule has 2 aromatic carbocycles. The van der Waals surface area contributed by atoms with Crippen LogP contribution in [0.15, 0.2) is 65.1 Å². The molecule has 1 fully saturated rings. The third-order valence-corrected chi connectivity index (χ3v) is 5.16. The molecule has 1 unspecified atom stereocenters. The zero-order valence-corrected chi connectivity index (χ0v) is 16.3. The Morgan fingerprint density at radius 1 is 0.933 bits per heavy atom. The highest BCUT2D eigenvalue weighted by molar-refractivity contribution is 5.92. The Kier molecular flexibility index (Phi) is 6.21. The molecule has 1 atom stereocenters. The van der Waals surface area contributed by atoms with E-state index in [1.54, 1.807) is 36.4 Å². The minimum absolute atomic E-state index is 0.106. The molecule has 2 heterocycles. The fourth-order valence-corrected chi connectivity index (χ4v) is 3.54. The molecule has 0 saturated carbocycles. The second-order valence-corrected chi connectivity index (χ2v) is 7.10. The summed E-state index contributed by atoms with van der Waals surface area (Å²) < 4.78 is 37.5. The van der Waals surface area contributed by atoms with Crippen LogP contribution in [-0.4, -0.2) is 43.7 Å². The number of furan rings is 1. The molecule has 1 aliphatic rings. The quantitative estimate of drug-likeness (QED) is 0.664. The molecular formula is C23H22F2N2O3. The highest BCUT2D eigenvalue weighted by Gasteiger charge is 2.24. The zero-order valence-electron chi connectivity index (χ0n) is 16.3. The second kappa shape index (κ2) is 9.19. The fraction of sp³-hybridized carbons (Fsp3) is 0.261. The van der Waals surface area contributed by atoms with Gasteiger partial charge in [-0.05, 0) is 54.1 Å². The summed E-state index contributed by atoms with van der Waals surface area (Å²) in [5.41, 5.74) is 1.61. The van der Waals surface area contributed by atoms with Gasteiger partial charge in [-0.3, -0.25) is 9.69 Å². The molecule has 7 heteroatoms. The normalized spacial score (nSPS) is 15.7. The minimum atomic E-state index is -0.344. The average molecular weight is 412 g/mol.